The predicted molar refractivity (Wildman–Crippen MR) is 122 cm³/mol. The summed E-state index contributed by atoms with van der Waals surface area (Å²) in [7, 11) is 3.30. The van der Waals surface area contributed by atoms with Crippen molar-refractivity contribution < 1.29 is 18.5 Å². The summed E-state index contributed by atoms with van der Waals surface area (Å²) in [6.07, 6.45) is 4.37. The van der Waals surface area contributed by atoms with Gasteiger partial charge in [0.25, 0.3) is 5.91 Å². The molecule has 1 aliphatic heterocycles. The van der Waals surface area contributed by atoms with Gasteiger partial charge in [-0.2, -0.15) is 4.98 Å². The number of imidazole rings is 1. The molecule has 0 aliphatic carbocycles. The molecule has 170 valence electrons. The van der Waals surface area contributed by atoms with Crippen LogP contribution in [0.5, 0.6) is 11.5 Å². The number of halogens is 1. The first-order valence-electron chi connectivity index (χ1n) is 10.5. The fraction of sp³-hybridized carbons (Fsp3) is 0.524. The first kappa shape index (κ1) is 23.4. The van der Waals surface area contributed by atoms with Crippen LogP contribution < -0.4 is 13.8 Å². The number of nitrogens with zero attached hydrogens (tertiary/aromatic N) is 4. The Labute approximate surface area is 190 Å². The lowest BCUT2D eigenvalue weighted by Gasteiger charge is -2.31. The van der Waals surface area contributed by atoms with Gasteiger partial charge >= 0.3 is 0 Å². The molecule has 8 nitrogen and oxygen atoms in total. The van der Waals surface area contributed by atoms with Crippen molar-refractivity contribution in [2.24, 2.45) is 0 Å². The number of rotatable bonds is 11. The lowest BCUT2D eigenvalue weighted by Crippen LogP contribution is -2.46. The highest BCUT2D eigenvalue weighted by Gasteiger charge is 2.38. The number of hydrogen-bond acceptors (Lipinski definition) is 5. The first-order valence-corrected chi connectivity index (χ1v) is 11.9. The molecule has 10 heteroatoms. The Morgan fingerprint density at radius 1 is 1.06 bits per heavy atom. The minimum absolute atomic E-state index is 0.253. The zero-order valence-electron chi connectivity index (χ0n) is 18.2. The van der Waals surface area contributed by atoms with Crippen LogP contribution in [0.4, 0.5) is 5.82 Å². The summed E-state index contributed by atoms with van der Waals surface area (Å²) in [5.74, 6) is 1.72. The van der Waals surface area contributed by atoms with Crippen LogP contribution in [0.25, 0.3) is 0 Å². The number of ether oxygens (including phenoxy) is 2. The van der Waals surface area contributed by atoms with Crippen molar-refractivity contribution in [2.45, 2.75) is 45.6 Å². The number of fused-ring (bicyclic) bond motifs is 1. The van der Waals surface area contributed by atoms with Gasteiger partial charge in [0.2, 0.25) is 16.5 Å². The number of unbranched alkanes of at least 4 members (excludes halogenated alkanes) is 3. The lowest BCUT2D eigenvalue weighted by molar-refractivity contribution is 0.0851. The van der Waals surface area contributed by atoms with Crippen molar-refractivity contribution in [3.8, 4) is 11.5 Å². The van der Waals surface area contributed by atoms with Crippen LogP contribution in [0.3, 0.4) is 0 Å². The summed E-state index contributed by atoms with van der Waals surface area (Å²) < 4.78 is 28.2. The van der Waals surface area contributed by atoms with Crippen molar-refractivity contribution in [3.05, 3.63) is 35.2 Å². The molecule has 0 N–H and O–H groups in total. The molecule has 1 unspecified atom stereocenters. The minimum Gasteiger partial charge on any atom is -0.497 e. The summed E-state index contributed by atoms with van der Waals surface area (Å²) in [6, 6.07) is 7.51. The fourth-order valence-corrected chi connectivity index (χ4v) is 4.77. The lowest BCUT2D eigenvalue weighted by atomic mass is 10.2. The topological polar surface area (TPSA) is 76.9 Å². The van der Waals surface area contributed by atoms with Gasteiger partial charge in [-0.05, 0) is 55.1 Å². The molecular formula is C21H29ClN4O4S. The highest BCUT2D eigenvalue weighted by molar-refractivity contribution is 7.84. The molecule has 31 heavy (non-hydrogen) atoms. The van der Waals surface area contributed by atoms with E-state index in [1.54, 1.807) is 18.7 Å². The Hall–Kier alpha value is -2.26. The van der Waals surface area contributed by atoms with Crippen LogP contribution in [-0.2, 0) is 17.7 Å². The highest BCUT2D eigenvalue weighted by atomic mass is 35.5. The van der Waals surface area contributed by atoms with Crippen molar-refractivity contribution in [1.82, 2.24) is 13.9 Å². The first-order chi connectivity index (χ1) is 15.0. The molecule has 0 bridgehead atoms. The van der Waals surface area contributed by atoms with E-state index in [0.717, 1.165) is 43.6 Å². The smallest absolute Gasteiger partial charge is 0.287 e. The van der Waals surface area contributed by atoms with Gasteiger partial charge in [0.15, 0.2) is 11.5 Å². The van der Waals surface area contributed by atoms with Gasteiger partial charge in [-0.3, -0.25) is 9.10 Å². The molecular weight excluding hydrogens is 440 g/mol. The van der Waals surface area contributed by atoms with Gasteiger partial charge in [0.05, 0.1) is 13.7 Å². The van der Waals surface area contributed by atoms with E-state index in [1.807, 2.05) is 31.2 Å². The van der Waals surface area contributed by atoms with Gasteiger partial charge in [0, 0.05) is 20.1 Å². The van der Waals surface area contributed by atoms with Crippen LogP contribution in [0.1, 0.15) is 49.5 Å². The quantitative estimate of drug-likeness (QED) is 0.465. The molecule has 0 fully saturated rings. The Morgan fingerprint density at radius 2 is 1.74 bits per heavy atom. The Bertz CT molecular complexity index is 919. The van der Waals surface area contributed by atoms with Crippen molar-refractivity contribution in [2.75, 3.05) is 31.6 Å². The van der Waals surface area contributed by atoms with Gasteiger partial charge in [-0.25, -0.2) is 8.51 Å². The monoisotopic (exact) mass is 468 g/mol. The molecule has 1 aliphatic rings. The summed E-state index contributed by atoms with van der Waals surface area (Å²) in [5, 5.41) is 0.253. The van der Waals surface area contributed by atoms with Crippen LogP contribution in [0.2, 0.25) is 5.28 Å². The second-order valence-electron chi connectivity index (χ2n) is 7.28. The number of methoxy groups -OCH3 is 1. The molecule has 1 aromatic carbocycles. The standard InChI is InChI=1S/C21H29ClN4O4S/c1-4-13-25-18-19(23-21(25)22)24(2)31(28)26(20(18)27)14-7-5-6-8-15-30-17-11-9-16(29-3)10-12-17/h9-12H,4-8,13-15H2,1-3H3. The second-order valence-corrected chi connectivity index (χ2v) is 9.07. The largest absolute Gasteiger partial charge is 0.497 e. The van der Waals surface area contributed by atoms with Gasteiger partial charge < -0.3 is 14.0 Å². The number of carbonyl (C=O) groups is 1. The average Bonchev–Trinajstić information content (AvgIpc) is 3.10. The summed E-state index contributed by atoms with van der Waals surface area (Å²) >= 11 is 4.61. The zero-order chi connectivity index (χ0) is 22.4. The zero-order valence-corrected chi connectivity index (χ0v) is 19.7. The van der Waals surface area contributed by atoms with E-state index in [0.29, 0.717) is 31.2 Å². The number of anilines is 1. The van der Waals surface area contributed by atoms with E-state index in [-0.39, 0.29) is 11.2 Å². The maximum absolute atomic E-state index is 13.0. The van der Waals surface area contributed by atoms with E-state index in [2.05, 4.69) is 4.98 Å². The number of benzene rings is 1. The number of aromatic nitrogens is 2. The van der Waals surface area contributed by atoms with Crippen molar-refractivity contribution >= 4 is 34.5 Å². The van der Waals surface area contributed by atoms with Gasteiger partial charge in [-0.1, -0.05) is 19.8 Å². The highest BCUT2D eigenvalue weighted by Crippen LogP contribution is 2.31. The van der Waals surface area contributed by atoms with E-state index < -0.39 is 11.2 Å². The minimum atomic E-state index is -1.60. The second kappa shape index (κ2) is 10.9. The van der Waals surface area contributed by atoms with E-state index in [1.165, 1.54) is 8.61 Å². The van der Waals surface area contributed by atoms with Crippen molar-refractivity contribution in [3.63, 3.8) is 0 Å². The maximum atomic E-state index is 13.0. The number of hydrogen-bond donors (Lipinski definition) is 0. The molecule has 0 spiro atoms. The molecule has 0 radical (unpaired) electrons. The van der Waals surface area contributed by atoms with E-state index >= 15 is 0 Å². The van der Waals surface area contributed by atoms with Gasteiger partial charge in [-0.15, -0.1) is 0 Å². The SMILES string of the molecule is CCCn1c(Cl)nc2c1C(=O)N(CCCCCCOc1ccc(OC)cc1)S(=O)N2C. The van der Waals surface area contributed by atoms with E-state index in [4.69, 9.17) is 21.1 Å². The van der Waals surface area contributed by atoms with E-state index in [9.17, 15) is 9.00 Å². The Morgan fingerprint density at radius 3 is 2.42 bits per heavy atom. The summed E-state index contributed by atoms with van der Waals surface area (Å²) in [4.78, 5) is 17.3. The third kappa shape index (κ3) is 5.33. The average molecular weight is 469 g/mol. The third-order valence-electron chi connectivity index (χ3n) is 5.08. The Balaban J connectivity index is 1.46. The van der Waals surface area contributed by atoms with Crippen LogP contribution in [-0.4, -0.2) is 51.3 Å². The normalized spacial score (nSPS) is 15.9. The number of carbonyl (C=O) groups excluding carboxylic acids is 1. The maximum Gasteiger partial charge on any atom is 0.287 e. The predicted octanol–water partition coefficient (Wildman–Crippen LogP) is 4.07. The molecule has 3 rings (SSSR count). The summed E-state index contributed by atoms with van der Waals surface area (Å²) in [6.45, 7) is 3.65. The molecule has 1 aromatic heterocycles. The molecule has 1 atom stereocenters. The third-order valence-corrected chi connectivity index (χ3v) is 6.74. The summed E-state index contributed by atoms with van der Waals surface area (Å²) in [5.41, 5.74) is 0.418. The molecule has 2 heterocycles. The number of amides is 1. The van der Waals surface area contributed by atoms with Crippen LogP contribution >= 0.6 is 11.6 Å². The van der Waals surface area contributed by atoms with Crippen molar-refractivity contribution in [1.29, 1.82) is 0 Å². The van der Waals surface area contributed by atoms with Gasteiger partial charge in [0.1, 0.15) is 11.5 Å². The molecule has 0 saturated heterocycles. The van der Waals surface area contributed by atoms with Crippen LogP contribution in [0, 0.1) is 0 Å². The molecule has 1 amide bonds. The molecule has 0 saturated carbocycles. The Kier molecular flexibility index (Phi) is 8.20. The van der Waals surface area contributed by atoms with Crippen LogP contribution in [0.15, 0.2) is 24.3 Å². The molecule has 2 aromatic rings. The fourth-order valence-electron chi connectivity index (χ4n) is 3.44.